The van der Waals surface area contributed by atoms with E-state index in [-0.39, 0.29) is 17.4 Å². The van der Waals surface area contributed by atoms with Crippen LogP contribution in [-0.2, 0) is 23.1 Å². The normalized spacial score (nSPS) is 11.8. The first-order valence-corrected chi connectivity index (χ1v) is 10.5. The zero-order valence-electron chi connectivity index (χ0n) is 15.3. The van der Waals surface area contributed by atoms with Crippen molar-refractivity contribution in [2.24, 2.45) is 0 Å². The molecule has 0 aliphatic rings. The minimum Gasteiger partial charge on any atom is -0.494 e. The Morgan fingerprint density at radius 3 is 2.64 bits per heavy atom. The molecule has 0 aliphatic carbocycles. The van der Waals surface area contributed by atoms with Gasteiger partial charge in [-0.15, -0.1) is 0 Å². The molecule has 7 heteroatoms. The fraction of sp³-hybridized carbons (Fsp3) is 0.190. The summed E-state index contributed by atoms with van der Waals surface area (Å²) in [4.78, 5) is 12.9. The number of para-hydroxylation sites is 1. The van der Waals surface area contributed by atoms with E-state index in [1.807, 2.05) is 31.2 Å². The lowest BCUT2D eigenvalue weighted by molar-refractivity contribution is 0.0921. The van der Waals surface area contributed by atoms with Gasteiger partial charge in [0.1, 0.15) is 11.5 Å². The summed E-state index contributed by atoms with van der Waals surface area (Å²) in [5.41, 5.74) is 0.879. The number of nitrogens with one attached hydrogen (secondary N) is 1. The fourth-order valence-electron chi connectivity index (χ4n) is 2.62. The highest BCUT2D eigenvalue weighted by Gasteiger charge is 2.15. The van der Waals surface area contributed by atoms with Crippen molar-refractivity contribution in [3.63, 3.8) is 0 Å². The number of benzene rings is 2. The molecule has 3 rings (SSSR count). The number of hydrogen-bond acceptors (Lipinski definition) is 4. The van der Waals surface area contributed by atoms with Gasteiger partial charge in [-0.05, 0) is 37.3 Å². The average molecular weight is 418 g/mol. The van der Waals surface area contributed by atoms with Gasteiger partial charge in [0.2, 0.25) is 0 Å². The minimum atomic E-state index is -1.36. The predicted octanol–water partition coefficient (Wildman–Crippen LogP) is 4.57. The Labute approximate surface area is 171 Å². The zero-order valence-corrected chi connectivity index (χ0v) is 16.9. The zero-order chi connectivity index (χ0) is 19.9. The van der Waals surface area contributed by atoms with E-state index in [9.17, 15) is 9.00 Å². The van der Waals surface area contributed by atoms with E-state index in [0.29, 0.717) is 28.8 Å². The molecule has 0 spiro atoms. The third kappa shape index (κ3) is 5.03. The summed E-state index contributed by atoms with van der Waals surface area (Å²) in [7, 11) is -1.36. The first-order valence-electron chi connectivity index (χ1n) is 8.79. The van der Waals surface area contributed by atoms with Crippen molar-refractivity contribution in [1.29, 1.82) is 0 Å². The summed E-state index contributed by atoms with van der Waals surface area (Å²) < 4.78 is 23.6. The molecule has 28 heavy (non-hydrogen) atoms. The molecular weight excluding hydrogens is 398 g/mol. The number of rotatable bonds is 8. The summed E-state index contributed by atoms with van der Waals surface area (Å²) >= 11 is 6.08. The van der Waals surface area contributed by atoms with Gasteiger partial charge in [0.15, 0.2) is 5.76 Å². The second-order valence-corrected chi connectivity index (χ2v) is 7.74. The van der Waals surface area contributed by atoms with Crippen molar-refractivity contribution in [3.8, 4) is 5.75 Å². The van der Waals surface area contributed by atoms with E-state index in [4.69, 9.17) is 20.8 Å². The lowest BCUT2D eigenvalue weighted by Gasteiger charge is -2.10. The monoisotopic (exact) mass is 417 g/mol. The molecule has 0 aliphatic heterocycles. The molecule has 0 saturated heterocycles. The smallest absolute Gasteiger partial charge is 0.287 e. The highest BCUT2D eigenvalue weighted by Crippen LogP contribution is 2.22. The molecule has 1 amide bonds. The Morgan fingerprint density at radius 2 is 1.86 bits per heavy atom. The number of halogens is 1. The van der Waals surface area contributed by atoms with Gasteiger partial charge >= 0.3 is 0 Å². The van der Waals surface area contributed by atoms with Crippen LogP contribution >= 0.6 is 11.6 Å². The summed E-state index contributed by atoms with van der Waals surface area (Å²) in [6, 6.07) is 17.7. The van der Waals surface area contributed by atoms with E-state index in [1.54, 1.807) is 36.4 Å². The van der Waals surface area contributed by atoms with Crippen LogP contribution in [0.5, 0.6) is 5.75 Å². The van der Waals surface area contributed by atoms with Crippen molar-refractivity contribution in [3.05, 3.63) is 82.8 Å². The molecule has 1 aromatic heterocycles. The number of furan rings is 1. The van der Waals surface area contributed by atoms with Gasteiger partial charge in [-0.3, -0.25) is 9.00 Å². The molecule has 0 bridgehead atoms. The second-order valence-electron chi connectivity index (χ2n) is 5.91. The van der Waals surface area contributed by atoms with Crippen molar-refractivity contribution in [2.75, 3.05) is 6.61 Å². The van der Waals surface area contributed by atoms with Crippen LogP contribution in [0.25, 0.3) is 0 Å². The summed E-state index contributed by atoms with van der Waals surface area (Å²) in [5.74, 6) is 1.16. The summed E-state index contributed by atoms with van der Waals surface area (Å²) in [6.07, 6.45) is 0. The molecule has 0 fully saturated rings. The molecule has 0 saturated carbocycles. The molecule has 2 aromatic carbocycles. The van der Waals surface area contributed by atoms with E-state index in [1.165, 1.54) is 0 Å². The standard InChI is InChI=1S/C21H20ClNO4S/c1-2-26-18-9-5-3-7-15(18)13-23-21(24)19-12-11-16(27-19)14-28(25)20-10-6-4-8-17(20)22/h3-12H,2,13-14H2,1H3,(H,23,24). The van der Waals surface area contributed by atoms with Crippen molar-refractivity contribution in [2.45, 2.75) is 24.1 Å². The Bertz CT molecular complexity index is 986. The van der Waals surface area contributed by atoms with Gasteiger partial charge in [0.05, 0.1) is 33.1 Å². The lowest BCUT2D eigenvalue weighted by atomic mass is 10.2. The average Bonchev–Trinajstić information content (AvgIpc) is 3.16. The van der Waals surface area contributed by atoms with Gasteiger partial charge in [-0.1, -0.05) is 41.9 Å². The molecular formula is C21H20ClNO4S. The predicted molar refractivity (Wildman–Crippen MR) is 109 cm³/mol. The molecule has 146 valence electrons. The van der Waals surface area contributed by atoms with Crippen LogP contribution in [0.4, 0.5) is 0 Å². The van der Waals surface area contributed by atoms with Gasteiger partial charge < -0.3 is 14.5 Å². The largest absolute Gasteiger partial charge is 0.494 e. The van der Waals surface area contributed by atoms with E-state index < -0.39 is 10.8 Å². The topological polar surface area (TPSA) is 68.5 Å². The number of ether oxygens (including phenoxy) is 1. The van der Waals surface area contributed by atoms with Crippen LogP contribution in [-0.4, -0.2) is 16.7 Å². The summed E-state index contributed by atoms with van der Waals surface area (Å²) in [6.45, 7) is 2.78. The molecule has 1 heterocycles. The maximum Gasteiger partial charge on any atom is 0.287 e. The molecule has 1 N–H and O–H groups in total. The first kappa shape index (κ1) is 20.2. The highest BCUT2D eigenvalue weighted by atomic mass is 35.5. The number of carbonyl (C=O) groups excluding carboxylic acids is 1. The second kappa shape index (κ2) is 9.57. The quantitative estimate of drug-likeness (QED) is 0.583. The minimum absolute atomic E-state index is 0.143. The van der Waals surface area contributed by atoms with E-state index >= 15 is 0 Å². The highest BCUT2D eigenvalue weighted by molar-refractivity contribution is 7.84. The number of hydrogen-bond donors (Lipinski definition) is 1. The SMILES string of the molecule is CCOc1ccccc1CNC(=O)c1ccc(CS(=O)c2ccccc2Cl)o1. The molecule has 1 atom stereocenters. The van der Waals surface area contributed by atoms with Crippen LogP contribution in [0.2, 0.25) is 5.02 Å². The first-order chi connectivity index (χ1) is 13.6. The number of carbonyl (C=O) groups is 1. The van der Waals surface area contributed by atoms with Crippen molar-refractivity contribution in [1.82, 2.24) is 5.32 Å². The van der Waals surface area contributed by atoms with Crippen molar-refractivity contribution < 1.29 is 18.2 Å². The molecule has 1 unspecified atom stereocenters. The number of amides is 1. The Morgan fingerprint density at radius 1 is 1.11 bits per heavy atom. The Hall–Kier alpha value is -2.57. The van der Waals surface area contributed by atoms with Gasteiger partial charge in [-0.2, -0.15) is 0 Å². The third-order valence-corrected chi connectivity index (χ3v) is 5.79. The van der Waals surface area contributed by atoms with Crippen LogP contribution < -0.4 is 10.1 Å². The maximum absolute atomic E-state index is 12.5. The van der Waals surface area contributed by atoms with E-state index in [2.05, 4.69) is 5.32 Å². The van der Waals surface area contributed by atoms with Gasteiger partial charge in [0.25, 0.3) is 5.91 Å². The molecule has 0 radical (unpaired) electrons. The van der Waals surface area contributed by atoms with Crippen LogP contribution in [0.15, 0.2) is 70.0 Å². The maximum atomic E-state index is 12.5. The van der Waals surface area contributed by atoms with Crippen LogP contribution in [0.3, 0.4) is 0 Å². The Kier molecular flexibility index (Phi) is 6.90. The van der Waals surface area contributed by atoms with E-state index in [0.717, 1.165) is 11.3 Å². The van der Waals surface area contributed by atoms with Crippen molar-refractivity contribution >= 4 is 28.3 Å². The lowest BCUT2D eigenvalue weighted by Crippen LogP contribution is -2.22. The molecule has 3 aromatic rings. The molecule has 5 nitrogen and oxygen atoms in total. The van der Waals surface area contributed by atoms with Crippen LogP contribution in [0.1, 0.15) is 28.8 Å². The van der Waals surface area contributed by atoms with Crippen LogP contribution in [0, 0.1) is 0 Å². The van der Waals surface area contributed by atoms with Gasteiger partial charge in [-0.25, -0.2) is 0 Å². The third-order valence-electron chi connectivity index (χ3n) is 3.95. The summed E-state index contributed by atoms with van der Waals surface area (Å²) in [5, 5.41) is 3.25. The van der Waals surface area contributed by atoms with Gasteiger partial charge in [0, 0.05) is 12.1 Å². The fourth-order valence-corrected chi connectivity index (χ4v) is 4.10. The Balaban J connectivity index is 1.61.